The quantitative estimate of drug-likeness (QED) is 0.831. The maximum atomic E-state index is 5.63. The third-order valence-corrected chi connectivity index (χ3v) is 3.40. The van der Waals surface area contributed by atoms with Crippen LogP contribution in [0.2, 0.25) is 0 Å². The van der Waals surface area contributed by atoms with Crippen LogP contribution in [0.1, 0.15) is 44.7 Å². The SMILES string of the molecule is CC(C)N1CCCC[C@@H]1c1ccc(N)nc1. The average Bonchev–Trinajstić information content (AvgIpc) is 2.30. The highest BCUT2D eigenvalue weighted by Gasteiger charge is 2.25. The van der Waals surface area contributed by atoms with Gasteiger partial charge < -0.3 is 5.73 Å². The molecule has 0 saturated carbocycles. The van der Waals surface area contributed by atoms with Gasteiger partial charge in [-0.15, -0.1) is 0 Å². The van der Waals surface area contributed by atoms with Crippen molar-refractivity contribution < 1.29 is 0 Å². The molecule has 16 heavy (non-hydrogen) atoms. The van der Waals surface area contributed by atoms with E-state index >= 15 is 0 Å². The Bertz CT molecular complexity index is 332. The molecule has 1 aromatic heterocycles. The Morgan fingerprint density at radius 2 is 2.19 bits per heavy atom. The van der Waals surface area contributed by atoms with Crippen LogP contribution in [0.25, 0.3) is 0 Å². The molecule has 1 fully saturated rings. The number of pyridine rings is 1. The Morgan fingerprint density at radius 3 is 2.81 bits per heavy atom. The summed E-state index contributed by atoms with van der Waals surface area (Å²) in [4.78, 5) is 6.77. The maximum absolute atomic E-state index is 5.63. The standard InChI is InChI=1S/C13H21N3/c1-10(2)16-8-4-3-5-12(16)11-6-7-13(14)15-9-11/h6-7,9-10,12H,3-5,8H2,1-2H3,(H2,14,15)/t12-/m1/s1. The molecule has 0 bridgehead atoms. The van der Waals surface area contributed by atoms with E-state index in [4.69, 9.17) is 5.73 Å². The van der Waals surface area contributed by atoms with Crippen LogP contribution in [0.3, 0.4) is 0 Å². The van der Waals surface area contributed by atoms with E-state index in [1.165, 1.54) is 31.4 Å². The Morgan fingerprint density at radius 1 is 1.38 bits per heavy atom. The van der Waals surface area contributed by atoms with Gasteiger partial charge in [0.25, 0.3) is 0 Å². The van der Waals surface area contributed by atoms with E-state index < -0.39 is 0 Å². The fourth-order valence-corrected chi connectivity index (χ4v) is 2.54. The van der Waals surface area contributed by atoms with Crippen molar-refractivity contribution in [3.05, 3.63) is 23.9 Å². The van der Waals surface area contributed by atoms with Gasteiger partial charge in [-0.1, -0.05) is 12.5 Å². The number of nitrogens with two attached hydrogens (primary N) is 1. The predicted molar refractivity (Wildman–Crippen MR) is 67.1 cm³/mol. The third-order valence-electron chi connectivity index (χ3n) is 3.40. The summed E-state index contributed by atoms with van der Waals surface area (Å²) in [6.45, 7) is 5.73. The van der Waals surface area contributed by atoms with Crippen LogP contribution in [0.15, 0.2) is 18.3 Å². The molecular weight excluding hydrogens is 198 g/mol. The molecule has 2 N–H and O–H groups in total. The Kier molecular flexibility index (Phi) is 3.44. The molecule has 3 nitrogen and oxygen atoms in total. The molecule has 1 atom stereocenters. The van der Waals surface area contributed by atoms with E-state index in [2.05, 4.69) is 29.8 Å². The minimum Gasteiger partial charge on any atom is -0.384 e. The van der Waals surface area contributed by atoms with Crippen molar-refractivity contribution in [2.75, 3.05) is 12.3 Å². The second kappa shape index (κ2) is 4.83. The second-order valence-corrected chi connectivity index (χ2v) is 4.86. The van der Waals surface area contributed by atoms with Gasteiger partial charge in [0.1, 0.15) is 5.82 Å². The highest BCUT2D eigenvalue weighted by atomic mass is 15.2. The molecule has 3 heteroatoms. The lowest BCUT2D eigenvalue weighted by molar-refractivity contribution is 0.112. The molecule has 88 valence electrons. The first-order chi connectivity index (χ1) is 7.68. The largest absolute Gasteiger partial charge is 0.384 e. The molecule has 1 aliphatic heterocycles. The van der Waals surface area contributed by atoms with Gasteiger partial charge in [0, 0.05) is 18.3 Å². The first kappa shape index (κ1) is 11.4. The molecule has 0 radical (unpaired) electrons. The molecule has 1 aromatic rings. The number of rotatable bonds is 2. The Labute approximate surface area is 97.7 Å². The first-order valence-corrected chi connectivity index (χ1v) is 6.15. The molecule has 0 aromatic carbocycles. The number of piperidine rings is 1. The fourth-order valence-electron chi connectivity index (χ4n) is 2.54. The van der Waals surface area contributed by atoms with Crippen LogP contribution in [0.4, 0.5) is 5.82 Å². The zero-order valence-electron chi connectivity index (χ0n) is 10.2. The summed E-state index contributed by atoms with van der Waals surface area (Å²) >= 11 is 0. The third kappa shape index (κ3) is 2.35. The van der Waals surface area contributed by atoms with Crippen LogP contribution in [-0.2, 0) is 0 Å². The topological polar surface area (TPSA) is 42.1 Å². The zero-order chi connectivity index (χ0) is 11.5. The van der Waals surface area contributed by atoms with E-state index in [1.807, 2.05) is 12.3 Å². The molecular formula is C13H21N3. The van der Waals surface area contributed by atoms with Crippen molar-refractivity contribution in [3.8, 4) is 0 Å². The summed E-state index contributed by atoms with van der Waals surface area (Å²) in [5.41, 5.74) is 6.93. The first-order valence-electron chi connectivity index (χ1n) is 6.15. The number of hydrogen-bond acceptors (Lipinski definition) is 3. The summed E-state index contributed by atoms with van der Waals surface area (Å²) in [6.07, 6.45) is 5.81. The second-order valence-electron chi connectivity index (χ2n) is 4.86. The van der Waals surface area contributed by atoms with E-state index in [9.17, 15) is 0 Å². The zero-order valence-corrected chi connectivity index (χ0v) is 10.2. The van der Waals surface area contributed by atoms with Gasteiger partial charge in [-0.05, 0) is 44.9 Å². The van der Waals surface area contributed by atoms with Crippen LogP contribution in [-0.4, -0.2) is 22.5 Å². The number of likely N-dealkylation sites (tertiary alicyclic amines) is 1. The van der Waals surface area contributed by atoms with Gasteiger partial charge in [0.2, 0.25) is 0 Å². The summed E-state index contributed by atoms with van der Waals surface area (Å²) in [5.74, 6) is 0.607. The smallest absolute Gasteiger partial charge is 0.123 e. The van der Waals surface area contributed by atoms with Crippen molar-refractivity contribution in [1.29, 1.82) is 0 Å². The number of hydrogen-bond donors (Lipinski definition) is 1. The fraction of sp³-hybridized carbons (Fsp3) is 0.615. The Hall–Kier alpha value is -1.09. The van der Waals surface area contributed by atoms with Gasteiger partial charge in [-0.2, -0.15) is 0 Å². The minimum atomic E-state index is 0.529. The summed E-state index contributed by atoms with van der Waals surface area (Å²) < 4.78 is 0. The van der Waals surface area contributed by atoms with E-state index in [0.717, 1.165) is 0 Å². The van der Waals surface area contributed by atoms with Gasteiger partial charge >= 0.3 is 0 Å². The molecule has 0 aliphatic carbocycles. The molecule has 2 rings (SSSR count). The lowest BCUT2D eigenvalue weighted by atomic mass is 9.95. The van der Waals surface area contributed by atoms with Crippen molar-refractivity contribution in [2.45, 2.75) is 45.2 Å². The molecule has 2 heterocycles. The summed E-state index contributed by atoms with van der Waals surface area (Å²) in [5, 5.41) is 0. The predicted octanol–water partition coefficient (Wildman–Crippen LogP) is 2.60. The van der Waals surface area contributed by atoms with Gasteiger partial charge in [-0.25, -0.2) is 4.98 Å². The van der Waals surface area contributed by atoms with Gasteiger partial charge in [-0.3, -0.25) is 4.90 Å². The van der Waals surface area contributed by atoms with Crippen LogP contribution in [0.5, 0.6) is 0 Å². The summed E-state index contributed by atoms with van der Waals surface area (Å²) in [6, 6.07) is 5.15. The van der Waals surface area contributed by atoms with Crippen LogP contribution in [0, 0.1) is 0 Å². The molecule has 1 aliphatic rings. The van der Waals surface area contributed by atoms with Crippen molar-refractivity contribution in [1.82, 2.24) is 9.88 Å². The number of nitrogens with zero attached hydrogens (tertiary/aromatic N) is 2. The number of anilines is 1. The van der Waals surface area contributed by atoms with E-state index in [1.54, 1.807) is 0 Å². The van der Waals surface area contributed by atoms with Crippen molar-refractivity contribution >= 4 is 5.82 Å². The number of nitrogen functional groups attached to an aromatic ring is 1. The van der Waals surface area contributed by atoms with E-state index in [-0.39, 0.29) is 0 Å². The molecule has 0 spiro atoms. The van der Waals surface area contributed by atoms with Crippen molar-refractivity contribution in [2.24, 2.45) is 0 Å². The average molecular weight is 219 g/mol. The lowest BCUT2D eigenvalue weighted by Crippen LogP contribution is -2.38. The van der Waals surface area contributed by atoms with E-state index in [0.29, 0.717) is 17.9 Å². The molecule has 0 amide bonds. The normalized spacial score (nSPS) is 22.6. The molecule has 0 unspecified atom stereocenters. The van der Waals surface area contributed by atoms with Crippen LogP contribution >= 0.6 is 0 Å². The maximum Gasteiger partial charge on any atom is 0.123 e. The Balaban J connectivity index is 2.19. The monoisotopic (exact) mass is 219 g/mol. The number of aromatic nitrogens is 1. The molecule has 1 saturated heterocycles. The highest BCUT2D eigenvalue weighted by Crippen LogP contribution is 2.32. The van der Waals surface area contributed by atoms with Gasteiger partial charge in [0.15, 0.2) is 0 Å². The minimum absolute atomic E-state index is 0.529. The van der Waals surface area contributed by atoms with Crippen molar-refractivity contribution in [3.63, 3.8) is 0 Å². The van der Waals surface area contributed by atoms with Gasteiger partial charge in [0.05, 0.1) is 0 Å². The highest BCUT2D eigenvalue weighted by molar-refractivity contribution is 5.30. The summed E-state index contributed by atoms with van der Waals surface area (Å²) in [7, 11) is 0. The lowest BCUT2D eigenvalue weighted by Gasteiger charge is -2.38. The van der Waals surface area contributed by atoms with Crippen LogP contribution < -0.4 is 5.73 Å².